The van der Waals surface area contributed by atoms with E-state index in [-0.39, 0.29) is 22.9 Å². The molecule has 1 N–H and O–H groups in total. The zero-order chi connectivity index (χ0) is 23.7. The van der Waals surface area contributed by atoms with Gasteiger partial charge in [-0.05, 0) is 49.1 Å². The number of hydrogen-bond acceptors (Lipinski definition) is 5. The van der Waals surface area contributed by atoms with Gasteiger partial charge in [0.25, 0.3) is 15.9 Å². The highest BCUT2D eigenvalue weighted by molar-refractivity contribution is 7.92. The molecule has 1 fully saturated rings. The maximum absolute atomic E-state index is 13.3. The van der Waals surface area contributed by atoms with Crippen molar-refractivity contribution in [2.24, 2.45) is 5.92 Å². The molecule has 0 saturated heterocycles. The first kappa shape index (κ1) is 24.5. The van der Waals surface area contributed by atoms with Gasteiger partial charge in [0.1, 0.15) is 0 Å². The Morgan fingerprint density at radius 1 is 1.06 bits per heavy atom. The second-order valence-electron chi connectivity index (χ2n) is 8.07. The first-order valence-electron chi connectivity index (χ1n) is 11.1. The molecule has 1 aliphatic rings. The molecule has 0 spiro atoms. The van der Waals surface area contributed by atoms with E-state index >= 15 is 0 Å². The summed E-state index contributed by atoms with van der Waals surface area (Å²) in [4.78, 5) is 24.5. The van der Waals surface area contributed by atoms with E-state index in [0.29, 0.717) is 18.2 Å². The predicted molar refractivity (Wildman–Crippen MR) is 127 cm³/mol. The van der Waals surface area contributed by atoms with Crippen molar-refractivity contribution in [3.63, 3.8) is 0 Å². The number of carbonyl (C=O) groups is 2. The molecule has 33 heavy (non-hydrogen) atoms. The van der Waals surface area contributed by atoms with Crippen molar-refractivity contribution >= 4 is 27.6 Å². The number of sulfonamides is 1. The Kier molecular flexibility index (Phi) is 8.65. The second kappa shape index (κ2) is 11.7. The predicted octanol–water partition coefficient (Wildman–Crippen LogP) is 3.92. The molecule has 2 aromatic carbocycles. The van der Waals surface area contributed by atoms with Crippen LogP contribution in [-0.2, 0) is 19.6 Å². The summed E-state index contributed by atoms with van der Waals surface area (Å²) in [6.45, 7) is 3.90. The monoisotopic (exact) mass is 470 g/mol. The lowest BCUT2D eigenvalue weighted by Gasteiger charge is -2.23. The highest BCUT2D eigenvalue weighted by atomic mass is 32.2. The summed E-state index contributed by atoms with van der Waals surface area (Å²) in [6.07, 6.45) is 7.31. The fourth-order valence-corrected chi connectivity index (χ4v) is 5.36. The number of nitrogens with one attached hydrogen (secondary N) is 1. The Morgan fingerprint density at radius 2 is 1.79 bits per heavy atom. The quantitative estimate of drug-likeness (QED) is 0.420. The zero-order valence-corrected chi connectivity index (χ0v) is 19.4. The van der Waals surface area contributed by atoms with Crippen LogP contribution in [0.4, 0.5) is 5.69 Å². The van der Waals surface area contributed by atoms with Crippen molar-refractivity contribution in [2.45, 2.75) is 37.0 Å². The molecule has 0 heterocycles. The van der Waals surface area contributed by atoms with Crippen molar-refractivity contribution in [2.75, 3.05) is 24.0 Å². The molecule has 7 nitrogen and oxygen atoms in total. The minimum Gasteiger partial charge on any atom is -0.452 e. The molecular formula is C25H30N2O5S. The smallest absolute Gasteiger partial charge is 0.338 e. The van der Waals surface area contributed by atoms with E-state index in [1.54, 1.807) is 30.3 Å². The molecule has 176 valence electrons. The van der Waals surface area contributed by atoms with Crippen molar-refractivity contribution in [3.8, 4) is 0 Å². The normalized spacial score (nSPS) is 14.3. The van der Waals surface area contributed by atoms with Crippen LogP contribution in [0.2, 0.25) is 0 Å². The molecule has 0 radical (unpaired) electrons. The molecule has 0 bridgehead atoms. The van der Waals surface area contributed by atoms with Crippen LogP contribution >= 0.6 is 0 Å². The van der Waals surface area contributed by atoms with Crippen LogP contribution in [-0.4, -0.2) is 40.0 Å². The summed E-state index contributed by atoms with van der Waals surface area (Å²) < 4.78 is 32.8. The summed E-state index contributed by atoms with van der Waals surface area (Å²) in [7, 11) is -3.95. The SMILES string of the molecule is C=CCN(c1ccccc1)S(=O)(=O)c1cccc(C(=O)OCC(=O)NCC2CCCCC2)c1. The van der Waals surface area contributed by atoms with Gasteiger partial charge < -0.3 is 10.1 Å². The van der Waals surface area contributed by atoms with Gasteiger partial charge in [-0.3, -0.25) is 9.10 Å². The van der Waals surface area contributed by atoms with Gasteiger partial charge in [-0.1, -0.05) is 49.6 Å². The van der Waals surface area contributed by atoms with Crippen LogP contribution in [0.1, 0.15) is 42.5 Å². The van der Waals surface area contributed by atoms with Crippen LogP contribution in [0.15, 0.2) is 72.1 Å². The van der Waals surface area contributed by atoms with Gasteiger partial charge in [0, 0.05) is 6.54 Å². The Morgan fingerprint density at radius 3 is 2.48 bits per heavy atom. The van der Waals surface area contributed by atoms with Gasteiger partial charge in [-0.25, -0.2) is 13.2 Å². The van der Waals surface area contributed by atoms with E-state index in [1.807, 2.05) is 0 Å². The van der Waals surface area contributed by atoms with Crippen LogP contribution in [0, 0.1) is 5.92 Å². The van der Waals surface area contributed by atoms with Gasteiger partial charge in [-0.2, -0.15) is 0 Å². The van der Waals surface area contributed by atoms with E-state index in [1.165, 1.54) is 53.9 Å². The molecule has 0 aliphatic heterocycles. The maximum Gasteiger partial charge on any atom is 0.338 e. The summed E-state index contributed by atoms with van der Waals surface area (Å²) in [5, 5.41) is 2.81. The van der Waals surface area contributed by atoms with Crippen molar-refractivity contribution < 1.29 is 22.7 Å². The fraction of sp³-hybridized carbons (Fsp3) is 0.360. The van der Waals surface area contributed by atoms with Gasteiger partial charge >= 0.3 is 5.97 Å². The number of carbonyl (C=O) groups excluding carboxylic acids is 2. The molecule has 1 saturated carbocycles. The van der Waals surface area contributed by atoms with Crippen LogP contribution in [0.25, 0.3) is 0 Å². The number of para-hydroxylation sites is 1. The molecule has 0 atom stereocenters. The second-order valence-corrected chi connectivity index (χ2v) is 9.93. The number of anilines is 1. The number of nitrogens with zero attached hydrogens (tertiary/aromatic N) is 1. The third-order valence-corrected chi connectivity index (χ3v) is 7.43. The molecule has 3 rings (SSSR count). The Balaban J connectivity index is 1.64. The molecule has 1 aliphatic carbocycles. The number of ether oxygens (including phenoxy) is 1. The largest absolute Gasteiger partial charge is 0.452 e. The average Bonchev–Trinajstić information content (AvgIpc) is 2.85. The first-order valence-corrected chi connectivity index (χ1v) is 12.6. The van der Waals surface area contributed by atoms with Gasteiger partial charge in [-0.15, -0.1) is 6.58 Å². The summed E-state index contributed by atoms with van der Waals surface area (Å²) in [6, 6.07) is 14.3. The van der Waals surface area contributed by atoms with Crippen molar-refractivity contribution in [1.82, 2.24) is 5.32 Å². The minimum absolute atomic E-state index is 0.0515. The first-order chi connectivity index (χ1) is 15.9. The Hall–Kier alpha value is -3.13. The van der Waals surface area contributed by atoms with E-state index in [0.717, 1.165) is 12.8 Å². The van der Waals surface area contributed by atoms with Crippen molar-refractivity contribution in [3.05, 3.63) is 72.8 Å². The highest BCUT2D eigenvalue weighted by Crippen LogP contribution is 2.24. The molecule has 1 amide bonds. The van der Waals surface area contributed by atoms with E-state index < -0.39 is 22.6 Å². The molecular weight excluding hydrogens is 440 g/mol. The highest BCUT2D eigenvalue weighted by Gasteiger charge is 2.25. The number of benzene rings is 2. The number of amides is 1. The maximum atomic E-state index is 13.3. The van der Waals surface area contributed by atoms with E-state index in [4.69, 9.17) is 4.74 Å². The number of esters is 1. The summed E-state index contributed by atoms with van der Waals surface area (Å²) >= 11 is 0. The number of rotatable bonds is 10. The van der Waals surface area contributed by atoms with E-state index in [2.05, 4.69) is 11.9 Å². The summed E-state index contributed by atoms with van der Waals surface area (Å²) in [5.41, 5.74) is 0.544. The molecule has 8 heteroatoms. The van der Waals surface area contributed by atoms with Gasteiger partial charge in [0.15, 0.2) is 6.61 Å². The van der Waals surface area contributed by atoms with Crippen LogP contribution < -0.4 is 9.62 Å². The lowest BCUT2D eigenvalue weighted by molar-refractivity contribution is -0.124. The standard InChI is InChI=1S/C25H30N2O5S/c1-2-16-27(22-13-7-4-8-14-22)33(30,31)23-15-9-12-21(17-23)25(29)32-19-24(28)26-18-20-10-5-3-6-11-20/h2,4,7-9,12-15,17,20H,1,3,5-6,10-11,16,18-19H2,(H,26,28). The zero-order valence-electron chi connectivity index (χ0n) is 18.6. The average molecular weight is 471 g/mol. The molecule has 0 unspecified atom stereocenters. The number of hydrogen-bond donors (Lipinski definition) is 1. The molecule has 0 aromatic heterocycles. The van der Waals surface area contributed by atoms with Crippen LogP contribution in [0.5, 0.6) is 0 Å². The van der Waals surface area contributed by atoms with E-state index in [9.17, 15) is 18.0 Å². The fourth-order valence-electron chi connectivity index (χ4n) is 3.88. The minimum atomic E-state index is -3.95. The lowest BCUT2D eigenvalue weighted by Crippen LogP contribution is -2.33. The van der Waals surface area contributed by atoms with Crippen LogP contribution in [0.3, 0.4) is 0 Å². The third-order valence-electron chi connectivity index (χ3n) is 5.64. The Labute approximate surface area is 195 Å². The third kappa shape index (κ3) is 6.68. The molecule has 2 aromatic rings. The topological polar surface area (TPSA) is 92.8 Å². The van der Waals surface area contributed by atoms with Gasteiger partial charge in [0.05, 0.1) is 22.7 Å². The van der Waals surface area contributed by atoms with Crippen molar-refractivity contribution in [1.29, 1.82) is 0 Å². The summed E-state index contributed by atoms with van der Waals surface area (Å²) in [5.74, 6) is -0.641. The lowest BCUT2D eigenvalue weighted by atomic mass is 9.89. The Bertz CT molecular complexity index is 1060. The van der Waals surface area contributed by atoms with Gasteiger partial charge in [0.2, 0.25) is 0 Å².